The highest BCUT2D eigenvalue weighted by Crippen LogP contribution is 2.46. The molecule has 5 aromatic carbocycles. The molecule has 3 N–H and O–H groups in total. The Morgan fingerprint density at radius 2 is 1.22 bits per heavy atom. The average molecular weight is 896 g/mol. The van der Waals surface area contributed by atoms with E-state index >= 15 is 0 Å². The van der Waals surface area contributed by atoms with Crippen molar-refractivity contribution in [2.45, 2.75) is 49.9 Å². The Labute approximate surface area is 376 Å². The zero-order valence-electron chi connectivity index (χ0n) is 36.5. The molecule has 63 heavy (non-hydrogen) atoms. The highest BCUT2D eigenvalue weighted by atomic mass is 32.5. The number of hydrogen-bond acceptors (Lipinski definition) is 10. The number of carbonyl (C=O) groups excluding carboxylic acids is 2. The highest BCUT2D eigenvalue weighted by Gasteiger charge is 2.40. The van der Waals surface area contributed by atoms with Gasteiger partial charge in [-0.2, -0.15) is 0 Å². The van der Waals surface area contributed by atoms with Crippen LogP contribution in [0.4, 0.5) is 4.79 Å². The summed E-state index contributed by atoms with van der Waals surface area (Å²) < 4.78 is 40.6. The Bertz CT molecular complexity index is 2190. The van der Waals surface area contributed by atoms with Gasteiger partial charge >= 0.3 is 6.09 Å². The summed E-state index contributed by atoms with van der Waals surface area (Å²) in [6, 6.07) is 40.2. The maximum atomic E-state index is 14.2. The molecular weight excluding hydrogens is 838 g/mol. The third kappa shape index (κ3) is 11.9. The van der Waals surface area contributed by atoms with Gasteiger partial charge < -0.3 is 43.4 Å². The normalized spacial score (nSPS) is 14.1. The lowest BCUT2D eigenvalue weighted by Crippen LogP contribution is -2.51. The molecule has 5 aromatic rings. The summed E-state index contributed by atoms with van der Waals surface area (Å²) in [5.74, 6) is 0.779. The minimum absolute atomic E-state index is 0.0853. The van der Waals surface area contributed by atoms with Crippen LogP contribution >= 0.6 is 6.64 Å². The third-order valence-electron chi connectivity index (χ3n) is 11.0. The van der Waals surface area contributed by atoms with E-state index in [2.05, 4.69) is 40.0 Å². The lowest BCUT2D eigenvalue weighted by atomic mass is 9.80. The van der Waals surface area contributed by atoms with Crippen molar-refractivity contribution in [3.63, 3.8) is 0 Å². The van der Waals surface area contributed by atoms with Gasteiger partial charge in [0.2, 0.25) is 5.91 Å². The number of amides is 2. The second-order valence-corrected chi connectivity index (χ2v) is 18.5. The molecule has 0 saturated heterocycles. The third-order valence-corrected chi connectivity index (χ3v) is 13.8. The predicted octanol–water partition coefficient (Wildman–Crippen LogP) is 8.72. The van der Waals surface area contributed by atoms with Gasteiger partial charge in [0.05, 0.1) is 33.5 Å². The van der Waals surface area contributed by atoms with Gasteiger partial charge in [0.25, 0.3) is 6.64 Å². The fourth-order valence-corrected chi connectivity index (χ4v) is 9.84. The van der Waals surface area contributed by atoms with Crippen LogP contribution in [0.15, 0.2) is 127 Å². The molecule has 0 radical (unpaired) electrons. The monoisotopic (exact) mass is 895 g/mol. The number of fused-ring (bicyclic) bond motifs is 3. The molecule has 0 fully saturated rings. The number of alkyl carbamates (subject to hydrolysis) is 1. The van der Waals surface area contributed by atoms with Crippen molar-refractivity contribution in [3.05, 3.63) is 155 Å². The van der Waals surface area contributed by atoms with E-state index in [1.807, 2.05) is 110 Å². The maximum Gasteiger partial charge on any atom is 0.407 e. The molecule has 14 heteroatoms. The zero-order chi connectivity index (χ0) is 44.7. The van der Waals surface area contributed by atoms with Gasteiger partial charge in [-0.25, -0.2) is 9.88 Å². The number of carbonyl (C=O) groups is 2. The fraction of sp³-hybridized carbons (Fsp3) is 0.347. The molecular formula is C49H58N3O9PS. The smallest absolute Gasteiger partial charge is 0.407 e. The predicted molar refractivity (Wildman–Crippen MR) is 249 cm³/mol. The van der Waals surface area contributed by atoms with Crippen molar-refractivity contribution in [2.24, 2.45) is 0 Å². The summed E-state index contributed by atoms with van der Waals surface area (Å²) in [6.45, 7) is 0.433. The van der Waals surface area contributed by atoms with Crippen molar-refractivity contribution in [2.75, 3.05) is 61.3 Å². The van der Waals surface area contributed by atoms with Gasteiger partial charge in [0.1, 0.15) is 29.7 Å². The molecule has 6 rings (SSSR count). The second kappa shape index (κ2) is 23.0. The molecule has 12 nitrogen and oxygen atoms in total. The molecule has 0 aliphatic heterocycles. The minimum atomic E-state index is -2.67. The quantitative estimate of drug-likeness (QED) is 0.0312. The summed E-state index contributed by atoms with van der Waals surface area (Å²) >= 11 is 5.62. The summed E-state index contributed by atoms with van der Waals surface area (Å²) in [6.07, 6.45) is 1.28. The second-order valence-electron chi connectivity index (χ2n) is 15.1. The van der Waals surface area contributed by atoms with E-state index in [0.717, 1.165) is 51.8 Å². The molecule has 0 heterocycles. The van der Waals surface area contributed by atoms with Crippen molar-refractivity contribution < 1.29 is 42.3 Å². The van der Waals surface area contributed by atoms with Crippen LogP contribution in [0, 0.1) is 0 Å². The van der Waals surface area contributed by atoms with E-state index in [1.165, 1.54) is 7.11 Å². The van der Waals surface area contributed by atoms with Crippen LogP contribution in [0.5, 0.6) is 11.5 Å². The first-order valence-electron chi connectivity index (χ1n) is 21.1. The summed E-state index contributed by atoms with van der Waals surface area (Å²) in [5.41, 5.74) is 5.55. The first-order valence-corrected chi connectivity index (χ1v) is 23.7. The number of nitrogens with one attached hydrogen (secondary N) is 3. The van der Waals surface area contributed by atoms with Gasteiger partial charge in [-0.1, -0.05) is 110 Å². The largest absolute Gasteiger partial charge is 0.497 e. The zero-order valence-corrected chi connectivity index (χ0v) is 38.3. The van der Waals surface area contributed by atoms with E-state index in [9.17, 15) is 9.59 Å². The Morgan fingerprint density at radius 3 is 1.78 bits per heavy atom. The van der Waals surface area contributed by atoms with E-state index in [-0.39, 0.29) is 25.2 Å². The molecule has 0 spiro atoms. The molecule has 1 aliphatic carbocycles. The number of rotatable bonds is 24. The molecule has 2 amide bonds. The van der Waals surface area contributed by atoms with E-state index in [1.54, 1.807) is 21.3 Å². The Kier molecular flexibility index (Phi) is 17.3. The number of benzene rings is 5. The number of ether oxygens (including phenoxy) is 5. The highest BCUT2D eigenvalue weighted by molar-refractivity contribution is 8.08. The molecule has 334 valence electrons. The molecule has 0 saturated carbocycles. The Balaban J connectivity index is 1.21. The number of hydrogen-bond donors (Lipinski definition) is 3. The first kappa shape index (κ1) is 47.4. The SMILES string of the molecule is COCC(C)OP(=S)(NCCCCCNC(=O)C(COC(c1ccccc1)(c1ccc(OC)cc1)c1ccc(OC)cc1)NC(=O)OCC1c2ccccc2-c2ccccc21)OC. The van der Waals surface area contributed by atoms with Crippen molar-refractivity contribution in [1.29, 1.82) is 0 Å². The van der Waals surface area contributed by atoms with Gasteiger partial charge in [0.15, 0.2) is 0 Å². The first-order chi connectivity index (χ1) is 30.6. The van der Waals surface area contributed by atoms with E-state index in [4.69, 9.17) is 44.5 Å². The number of methoxy groups -OCH3 is 3. The lowest BCUT2D eigenvalue weighted by molar-refractivity contribution is -0.126. The van der Waals surface area contributed by atoms with Gasteiger partial charge in [-0.15, -0.1) is 0 Å². The summed E-state index contributed by atoms with van der Waals surface area (Å²) in [5, 5.41) is 9.15. The topological polar surface area (TPSA) is 135 Å². The van der Waals surface area contributed by atoms with Crippen molar-refractivity contribution >= 4 is 30.4 Å². The van der Waals surface area contributed by atoms with Crippen molar-refractivity contribution in [3.8, 4) is 22.6 Å². The van der Waals surface area contributed by atoms with E-state index < -0.39 is 30.3 Å². The number of unbranched alkanes of at least 4 members (excludes halogenated alkanes) is 2. The fourth-order valence-electron chi connectivity index (χ4n) is 7.87. The van der Waals surface area contributed by atoms with Gasteiger partial charge in [0, 0.05) is 33.2 Å². The van der Waals surface area contributed by atoms with Crippen LogP contribution in [0.3, 0.4) is 0 Å². The summed E-state index contributed by atoms with van der Waals surface area (Å²) in [4.78, 5) is 28.1. The molecule has 3 unspecified atom stereocenters. The molecule has 3 atom stereocenters. The van der Waals surface area contributed by atoms with Gasteiger partial charge in [-0.3, -0.25) is 4.79 Å². The van der Waals surface area contributed by atoms with E-state index in [0.29, 0.717) is 37.6 Å². The standard InChI is InChI=1S/C49H58N3O9PS/c1-35(32-55-2)61-62(63,58-5)51-31-15-7-14-30-50-47(53)46(52-48(54)59-33-45-43-20-12-10-18-41(43)42-19-11-13-21-44(42)45)34-60-49(36-16-8-6-9-17-36,37-22-26-39(56-3)27-23-37)38-24-28-40(57-4)29-25-38/h6,8-13,16-29,35,45-46H,7,14-15,30-34H2,1-5H3,(H,50,53)(H,51,63)(H,52,54). The lowest BCUT2D eigenvalue weighted by Gasteiger charge is -2.37. The van der Waals surface area contributed by atoms with Crippen LogP contribution < -0.4 is 25.2 Å². The van der Waals surface area contributed by atoms with Crippen LogP contribution in [-0.4, -0.2) is 85.5 Å². The van der Waals surface area contributed by atoms with Gasteiger partial charge in [-0.05, 0) is 94.8 Å². The molecule has 0 bridgehead atoms. The van der Waals surface area contributed by atoms with Crippen LogP contribution in [-0.2, 0) is 45.5 Å². The van der Waals surface area contributed by atoms with Crippen molar-refractivity contribution in [1.82, 2.24) is 15.7 Å². The maximum absolute atomic E-state index is 14.2. The summed E-state index contributed by atoms with van der Waals surface area (Å²) in [7, 11) is 6.38. The Hall–Kier alpha value is -5.11. The van der Waals surface area contributed by atoms with Crippen LogP contribution in [0.1, 0.15) is 59.9 Å². The average Bonchev–Trinajstić information content (AvgIpc) is 3.64. The molecule has 0 aromatic heterocycles. The van der Waals surface area contributed by atoms with Crippen LogP contribution in [0.2, 0.25) is 0 Å². The minimum Gasteiger partial charge on any atom is -0.497 e. The molecule has 1 aliphatic rings. The van der Waals surface area contributed by atoms with Crippen LogP contribution in [0.25, 0.3) is 11.1 Å². The Morgan fingerprint density at radius 1 is 0.683 bits per heavy atom.